The Morgan fingerprint density at radius 1 is 1.15 bits per heavy atom. The van der Waals surface area contributed by atoms with Gasteiger partial charge in [-0.15, -0.1) is 0 Å². The number of nitrogens with zero attached hydrogens (tertiary/aromatic N) is 4. The summed E-state index contributed by atoms with van der Waals surface area (Å²) in [4.78, 5) is 15.3. The van der Waals surface area contributed by atoms with E-state index in [1.165, 1.54) is 6.33 Å². The fraction of sp³-hybridized carbons (Fsp3) is 0.316. The SMILES string of the molecule is CC1CCN(c2ncnc(Oc3ccc(Br)c4cccnc34)c2N)CC1. The van der Waals surface area contributed by atoms with Crippen molar-refractivity contribution in [1.82, 2.24) is 15.0 Å². The molecule has 1 saturated heterocycles. The van der Waals surface area contributed by atoms with Crippen LogP contribution >= 0.6 is 15.9 Å². The van der Waals surface area contributed by atoms with E-state index >= 15 is 0 Å². The maximum Gasteiger partial charge on any atom is 0.248 e. The van der Waals surface area contributed by atoms with E-state index in [1.54, 1.807) is 6.20 Å². The average molecular weight is 414 g/mol. The van der Waals surface area contributed by atoms with Gasteiger partial charge in [0.2, 0.25) is 5.88 Å². The zero-order valence-corrected chi connectivity index (χ0v) is 16.1. The second-order valence-electron chi connectivity index (χ2n) is 6.63. The molecule has 4 rings (SSSR count). The minimum Gasteiger partial charge on any atom is -0.435 e. The molecule has 26 heavy (non-hydrogen) atoms. The molecule has 0 spiro atoms. The van der Waals surface area contributed by atoms with Crippen LogP contribution in [0.25, 0.3) is 10.9 Å². The fourth-order valence-electron chi connectivity index (χ4n) is 3.22. The molecule has 3 aromatic rings. The quantitative estimate of drug-likeness (QED) is 0.685. The summed E-state index contributed by atoms with van der Waals surface area (Å²) in [6, 6.07) is 7.68. The van der Waals surface area contributed by atoms with Crippen molar-refractivity contribution >= 4 is 38.3 Å². The largest absolute Gasteiger partial charge is 0.435 e. The first kappa shape index (κ1) is 17.0. The maximum absolute atomic E-state index is 6.35. The molecule has 134 valence electrons. The van der Waals surface area contributed by atoms with Crippen molar-refractivity contribution in [2.45, 2.75) is 19.8 Å². The smallest absolute Gasteiger partial charge is 0.248 e. The first-order valence-electron chi connectivity index (χ1n) is 8.70. The molecule has 2 aromatic heterocycles. The van der Waals surface area contributed by atoms with Gasteiger partial charge in [-0.3, -0.25) is 4.98 Å². The Labute approximate surface area is 160 Å². The van der Waals surface area contributed by atoms with Crippen LogP contribution in [0, 0.1) is 5.92 Å². The van der Waals surface area contributed by atoms with Crippen LogP contribution in [0.1, 0.15) is 19.8 Å². The minimum absolute atomic E-state index is 0.364. The first-order valence-corrected chi connectivity index (χ1v) is 9.49. The normalized spacial score (nSPS) is 15.4. The zero-order valence-electron chi connectivity index (χ0n) is 14.5. The lowest BCUT2D eigenvalue weighted by Gasteiger charge is -2.31. The third kappa shape index (κ3) is 3.19. The summed E-state index contributed by atoms with van der Waals surface area (Å²) in [5.74, 6) is 2.47. The summed E-state index contributed by atoms with van der Waals surface area (Å²) in [7, 11) is 0. The molecule has 0 amide bonds. The lowest BCUT2D eigenvalue weighted by molar-refractivity contribution is 0.434. The van der Waals surface area contributed by atoms with E-state index in [4.69, 9.17) is 10.5 Å². The molecule has 6 nitrogen and oxygen atoms in total. The van der Waals surface area contributed by atoms with Gasteiger partial charge in [-0.1, -0.05) is 28.9 Å². The average Bonchev–Trinajstić information content (AvgIpc) is 2.67. The highest BCUT2D eigenvalue weighted by molar-refractivity contribution is 9.10. The van der Waals surface area contributed by atoms with Crippen molar-refractivity contribution in [1.29, 1.82) is 0 Å². The first-order chi connectivity index (χ1) is 12.6. The fourth-order valence-corrected chi connectivity index (χ4v) is 3.68. The van der Waals surface area contributed by atoms with Gasteiger partial charge in [-0.05, 0) is 37.0 Å². The molecule has 0 bridgehead atoms. The number of pyridine rings is 1. The molecule has 1 aromatic carbocycles. The summed E-state index contributed by atoms with van der Waals surface area (Å²) >= 11 is 3.55. The number of nitrogen functional groups attached to an aromatic ring is 1. The van der Waals surface area contributed by atoms with Gasteiger partial charge < -0.3 is 15.4 Å². The summed E-state index contributed by atoms with van der Waals surface area (Å²) in [5, 5.41) is 0.975. The molecule has 0 saturated carbocycles. The van der Waals surface area contributed by atoms with Crippen LogP contribution in [-0.4, -0.2) is 28.0 Å². The monoisotopic (exact) mass is 413 g/mol. The molecule has 7 heteroatoms. The van der Waals surface area contributed by atoms with Crippen LogP contribution in [0.15, 0.2) is 41.3 Å². The van der Waals surface area contributed by atoms with E-state index < -0.39 is 0 Å². The number of benzene rings is 1. The van der Waals surface area contributed by atoms with Gasteiger partial charge >= 0.3 is 0 Å². The Morgan fingerprint density at radius 2 is 1.96 bits per heavy atom. The van der Waals surface area contributed by atoms with Crippen LogP contribution in [0.5, 0.6) is 11.6 Å². The van der Waals surface area contributed by atoms with Crippen molar-refractivity contribution in [3.8, 4) is 11.6 Å². The number of hydrogen-bond donors (Lipinski definition) is 1. The number of anilines is 2. The number of halogens is 1. The third-order valence-corrected chi connectivity index (χ3v) is 5.49. The Bertz CT molecular complexity index is 940. The van der Waals surface area contributed by atoms with Crippen molar-refractivity contribution in [3.63, 3.8) is 0 Å². The second-order valence-corrected chi connectivity index (χ2v) is 7.49. The molecule has 0 radical (unpaired) electrons. The number of rotatable bonds is 3. The molecule has 1 aliphatic heterocycles. The molecule has 0 aliphatic carbocycles. The molecular weight excluding hydrogens is 394 g/mol. The molecule has 2 N–H and O–H groups in total. The molecular formula is C19H20BrN5O. The Morgan fingerprint density at radius 3 is 2.77 bits per heavy atom. The molecule has 0 atom stereocenters. The highest BCUT2D eigenvalue weighted by Crippen LogP contribution is 2.36. The van der Waals surface area contributed by atoms with E-state index in [1.807, 2.05) is 24.3 Å². The van der Waals surface area contributed by atoms with Gasteiger partial charge in [0.25, 0.3) is 0 Å². The lowest BCUT2D eigenvalue weighted by Crippen LogP contribution is -2.34. The van der Waals surface area contributed by atoms with Crippen LogP contribution in [0.2, 0.25) is 0 Å². The Balaban J connectivity index is 1.68. The van der Waals surface area contributed by atoms with Crippen LogP contribution in [-0.2, 0) is 0 Å². The highest BCUT2D eigenvalue weighted by atomic mass is 79.9. The predicted molar refractivity (Wildman–Crippen MR) is 107 cm³/mol. The highest BCUT2D eigenvalue weighted by Gasteiger charge is 2.21. The summed E-state index contributed by atoms with van der Waals surface area (Å²) in [6.07, 6.45) is 5.53. The van der Waals surface area contributed by atoms with E-state index in [0.29, 0.717) is 17.3 Å². The van der Waals surface area contributed by atoms with Gasteiger partial charge in [-0.2, -0.15) is 4.98 Å². The molecule has 1 aliphatic rings. The summed E-state index contributed by atoms with van der Waals surface area (Å²) < 4.78 is 7.01. The van der Waals surface area contributed by atoms with Gasteiger partial charge in [0, 0.05) is 29.1 Å². The summed E-state index contributed by atoms with van der Waals surface area (Å²) in [6.45, 7) is 4.18. The third-order valence-electron chi connectivity index (χ3n) is 4.80. The molecule has 1 fully saturated rings. The van der Waals surface area contributed by atoms with Gasteiger partial charge in [-0.25, -0.2) is 4.98 Å². The van der Waals surface area contributed by atoms with Gasteiger partial charge in [0.1, 0.15) is 17.5 Å². The molecule has 0 unspecified atom stereocenters. The Kier molecular flexibility index (Phi) is 4.63. The van der Waals surface area contributed by atoms with Crippen molar-refractivity contribution in [2.75, 3.05) is 23.7 Å². The minimum atomic E-state index is 0.364. The summed E-state index contributed by atoms with van der Waals surface area (Å²) in [5.41, 5.74) is 7.57. The standard InChI is InChI=1S/C19H20BrN5O/c1-12-6-9-25(10-7-12)18-16(21)19(24-11-23-18)26-15-5-4-14(20)13-3-2-8-22-17(13)15/h2-5,8,11-12H,6-7,9-10,21H2,1H3. The predicted octanol–water partition coefficient (Wildman–Crippen LogP) is 4.40. The van der Waals surface area contributed by atoms with Crippen molar-refractivity contribution in [3.05, 3.63) is 41.3 Å². The van der Waals surface area contributed by atoms with E-state index in [2.05, 4.69) is 42.7 Å². The molecule has 3 heterocycles. The topological polar surface area (TPSA) is 77.2 Å². The van der Waals surface area contributed by atoms with E-state index in [0.717, 1.165) is 53.0 Å². The van der Waals surface area contributed by atoms with Gasteiger partial charge in [0.15, 0.2) is 11.6 Å². The van der Waals surface area contributed by atoms with Crippen LogP contribution in [0.3, 0.4) is 0 Å². The van der Waals surface area contributed by atoms with Crippen LogP contribution in [0.4, 0.5) is 11.5 Å². The van der Waals surface area contributed by atoms with Crippen molar-refractivity contribution in [2.24, 2.45) is 5.92 Å². The second kappa shape index (κ2) is 7.07. The number of piperidine rings is 1. The lowest BCUT2D eigenvalue weighted by atomic mass is 9.99. The Hall–Kier alpha value is -2.41. The maximum atomic E-state index is 6.35. The van der Waals surface area contributed by atoms with Gasteiger partial charge in [0.05, 0.1) is 0 Å². The zero-order chi connectivity index (χ0) is 18.1. The van der Waals surface area contributed by atoms with E-state index in [9.17, 15) is 0 Å². The van der Waals surface area contributed by atoms with E-state index in [-0.39, 0.29) is 0 Å². The number of fused-ring (bicyclic) bond motifs is 1. The number of nitrogens with two attached hydrogens (primary N) is 1. The number of hydrogen-bond acceptors (Lipinski definition) is 6. The van der Waals surface area contributed by atoms with Crippen LogP contribution < -0.4 is 15.4 Å². The number of aromatic nitrogens is 3. The van der Waals surface area contributed by atoms with Crippen molar-refractivity contribution < 1.29 is 4.74 Å². The number of ether oxygens (including phenoxy) is 1.